The Kier molecular flexibility index (Phi) is 6.42. The highest BCUT2D eigenvalue weighted by molar-refractivity contribution is 7.92. The molecule has 158 valence electrons. The van der Waals surface area contributed by atoms with Crippen molar-refractivity contribution < 1.29 is 38.3 Å². The molecule has 0 saturated carbocycles. The van der Waals surface area contributed by atoms with E-state index in [9.17, 15) is 28.8 Å². The molecule has 10 heteroatoms. The van der Waals surface area contributed by atoms with Crippen LogP contribution in [0.2, 0.25) is 0 Å². The van der Waals surface area contributed by atoms with E-state index in [0.717, 1.165) is 5.56 Å². The number of rotatable bonds is 6. The quantitative estimate of drug-likeness (QED) is 0.434. The second kappa shape index (κ2) is 8.66. The van der Waals surface area contributed by atoms with Crippen LogP contribution in [0.4, 0.5) is 5.69 Å². The molecule has 0 radical (unpaired) electrons. The third-order valence-electron chi connectivity index (χ3n) is 4.54. The van der Waals surface area contributed by atoms with Crippen LogP contribution in [0.15, 0.2) is 53.4 Å². The Morgan fingerprint density at radius 2 is 1.59 bits per heavy atom. The maximum Gasteiger partial charge on any atom is 0.261 e. The monoisotopic (exact) mass is 425 g/mol. The molecular weight excluding hydrogens is 402 g/mol. The highest BCUT2D eigenvalue weighted by Crippen LogP contribution is 2.26. The SMILES string of the molecule is Cc1ccc(S(=O)(=O)Nc2ccc(O[C@@H]3O[C@@H](CO)[C@@H](O)[C@@H](O)[C@H]3O)cc2)cc1. The van der Waals surface area contributed by atoms with Crippen LogP contribution in [0.25, 0.3) is 0 Å². The van der Waals surface area contributed by atoms with Gasteiger partial charge in [0.25, 0.3) is 10.0 Å². The minimum absolute atomic E-state index is 0.129. The van der Waals surface area contributed by atoms with E-state index in [1.807, 2.05) is 6.92 Å². The van der Waals surface area contributed by atoms with Gasteiger partial charge in [0.15, 0.2) is 0 Å². The minimum atomic E-state index is -3.75. The number of nitrogens with one attached hydrogen (secondary N) is 1. The number of aliphatic hydroxyl groups excluding tert-OH is 4. The van der Waals surface area contributed by atoms with Crippen LogP contribution in [-0.2, 0) is 14.8 Å². The molecule has 0 unspecified atom stereocenters. The van der Waals surface area contributed by atoms with E-state index in [4.69, 9.17) is 9.47 Å². The molecule has 5 atom stereocenters. The van der Waals surface area contributed by atoms with Gasteiger partial charge in [-0.25, -0.2) is 8.42 Å². The molecule has 5 N–H and O–H groups in total. The molecule has 3 rings (SSSR count). The summed E-state index contributed by atoms with van der Waals surface area (Å²) in [5, 5.41) is 38.8. The van der Waals surface area contributed by atoms with Crippen molar-refractivity contribution in [3.8, 4) is 5.75 Å². The van der Waals surface area contributed by atoms with Crippen LogP contribution in [-0.4, -0.2) is 66.2 Å². The number of anilines is 1. The lowest BCUT2D eigenvalue weighted by molar-refractivity contribution is -0.277. The van der Waals surface area contributed by atoms with Crippen LogP contribution in [0, 0.1) is 6.92 Å². The van der Waals surface area contributed by atoms with Crippen molar-refractivity contribution in [2.75, 3.05) is 11.3 Å². The van der Waals surface area contributed by atoms with Crippen molar-refractivity contribution in [2.45, 2.75) is 42.5 Å². The average molecular weight is 425 g/mol. The van der Waals surface area contributed by atoms with Crippen LogP contribution < -0.4 is 9.46 Å². The number of ether oxygens (including phenoxy) is 2. The van der Waals surface area contributed by atoms with Crippen molar-refractivity contribution in [1.82, 2.24) is 0 Å². The van der Waals surface area contributed by atoms with Gasteiger partial charge in [-0.1, -0.05) is 17.7 Å². The van der Waals surface area contributed by atoms with E-state index in [-0.39, 0.29) is 10.6 Å². The number of aryl methyl sites for hydroxylation is 1. The van der Waals surface area contributed by atoms with Gasteiger partial charge in [0.2, 0.25) is 6.29 Å². The van der Waals surface area contributed by atoms with Gasteiger partial charge in [-0.2, -0.15) is 0 Å². The summed E-state index contributed by atoms with van der Waals surface area (Å²) in [5.74, 6) is 0.229. The molecule has 0 amide bonds. The zero-order valence-corrected chi connectivity index (χ0v) is 16.4. The Labute approximate surface area is 168 Å². The summed E-state index contributed by atoms with van der Waals surface area (Å²) in [5.41, 5.74) is 1.24. The topological polar surface area (TPSA) is 146 Å². The molecule has 9 nitrogen and oxygen atoms in total. The fraction of sp³-hybridized carbons (Fsp3) is 0.368. The summed E-state index contributed by atoms with van der Waals surface area (Å²) in [6.07, 6.45) is -6.97. The second-order valence-corrected chi connectivity index (χ2v) is 8.44. The fourth-order valence-electron chi connectivity index (χ4n) is 2.83. The third-order valence-corrected chi connectivity index (χ3v) is 5.94. The van der Waals surface area contributed by atoms with Crippen molar-refractivity contribution >= 4 is 15.7 Å². The Morgan fingerprint density at radius 3 is 2.17 bits per heavy atom. The average Bonchev–Trinajstić information content (AvgIpc) is 2.70. The minimum Gasteiger partial charge on any atom is -0.462 e. The first-order chi connectivity index (χ1) is 13.7. The van der Waals surface area contributed by atoms with E-state index in [1.54, 1.807) is 12.1 Å². The van der Waals surface area contributed by atoms with Gasteiger partial charge < -0.3 is 29.9 Å². The van der Waals surface area contributed by atoms with Crippen molar-refractivity contribution in [2.24, 2.45) is 0 Å². The highest BCUT2D eigenvalue weighted by Gasteiger charge is 2.44. The number of sulfonamides is 1. The molecule has 2 aromatic carbocycles. The summed E-state index contributed by atoms with van der Waals surface area (Å²) in [7, 11) is -3.75. The molecule has 0 spiro atoms. The van der Waals surface area contributed by atoms with Gasteiger partial charge >= 0.3 is 0 Å². The number of aliphatic hydroxyl groups is 4. The van der Waals surface area contributed by atoms with Gasteiger partial charge in [-0.15, -0.1) is 0 Å². The summed E-state index contributed by atoms with van der Waals surface area (Å²) in [6.45, 7) is 1.29. The van der Waals surface area contributed by atoms with Gasteiger partial charge in [0, 0.05) is 5.69 Å². The molecule has 2 aromatic rings. The summed E-state index contributed by atoms with van der Waals surface area (Å²) >= 11 is 0. The first-order valence-electron chi connectivity index (χ1n) is 8.88. The lowest BCUT2D eigenvalue weighted by Crippen LogP contribution is -2.60. The Balaban J connectivity index is 1.68. The van der Waals surface area contributed by atoms with Crippen LogP contribution in [0.1, 0.15) is 5.56 Å². The normalized spacial score (nSPS) is 27.4. The van der Waals surface area contributed by atoms with Crippen LogP contribution in [0.5, 0.6) is 5.75 Å². The van der Waals surface area contributed by atoms with Gasteiger partial charge in [0.05, 0.1) is 11.5 Å². The summed E-state index contributed by atoms with van der Waals surface area (Å²) in [4.78, 5) is 0.129. The molecule has 0 aromatic heterocycles. The predicted molar refractivity (Wildman–Crippen MR) is 103 cm³/mol. The number of hydrogen-bond donors (Lipinski definition) is 5. The highest BCUT2D eigenvalue weighted by atomic mass is 32.2. The van der Waals surface area contributed by atoms with Crippen LogP contribution >= 0.6 is 0 Å². The molecule has 1 saturated heterocycles. The second-order valence-electron chi connectivity index (χ2n) is 6.76. The smallest absolute Gasteiger partial charge is 0.261 e. The van der Waals surface area contributed by atoms with Crippen molar-refractivity contribution in [1.29, 1.82) is 0 Å². The molecule has 0 aliphatic carbocycles. The Morgan fingerprint density at radius 1 is 0.966 bits per heavy atom. The predicted octanol–water partition coefficient (Wildman–Crippen LogP) is -0.0255. The first kappa shape index (κ1) is 21.5. The molecule has 1 fully saturated rings. The van der Waals surface area contributed by atoms with Crippen LogP contribution in [0.3, 0.4) is 0 Å². The number of benzene rings is 2. The van der Waals surface area contributed by atoms with E-state index in [2.05, 4.69) is 4.72 Å². The summed E-state index contributed by atoms with van der Waals surface area (Å²) < 4.78 is 38.0. The van der Waals surface area contributed by atoms with E-state index >= 15 is 0 Å². The maximum atomic E-state index is 12.4. The van der Waals surface area contributed by atoms with Crippen molar-refractivity contribution in [3.05, 3.63) is 54.1 Å². The Bertz CT molecular complexity index is 914. The van der Waals surface area contributed by atoms with E-state index in [0.29, 0.717) is 5.69 Å². The largest absolute Gasteiger partial charge is 0.462 e. The van der Waals surface area contributed by atoms with Gasteiger partial charge in [0.1, 0.15) is 30.2 Å². The van der Waals surface area contributed by atoms with E-state index in [1.165, 1.54) is 36.4 Å². The molecule has 1 aliphatic rings. The standard InChI is InChI=1S/C19H23NO8S/c1-11-2-8-14(9-3-11)29(25,26)20-12-4-6-13(7-5-12)27-19-18(24)17(23)16(22)15(10-21)28-19/h2-9,15-24H,10H2,1H3/t15-,16+,17+,18+,19+/m0/s1. The van der Waals surface area contributed by atoms with Gasteiger partial charge in [-0.3, -0.25) is 4.72 Å². The first-order valence-corrected chi connectivity index (χ1v) is 10.4. The molecule has 29 heavy (non-hydrogen) atoms. The molecule has 1 heterocycles. The van der Waals surface area contributed by atoms with Gasteiger partial charge in [-0.05, 0) is 43.3 Å². The fourth-order valence-corrected chi connectivity index (χ4v) is 3.89. The lowest BCUT2D eigenvalue weighted by Gasteiger charge is -2.39. The lowest BCUT2D eigenvalue weighted by atomic mass is 9.99. The van der Waals surface area contributed by atoms with Crippen molar-refractivity contribution in [3.63, 3.8) is 0 Å². The number of hydrogen-bond acceptors (Lipinski definition) is 8. The zero-order chi connectivity index (χ0) is 21.2. The summed E-state index contributed by atoms with van der Waals surface area (Å²) in [6, 6.07) is 12.2. The molecule has 1 aliphatic heterocycles. The molecular formula is C19H23NO8S. The Hall–Kier alpha value is -2.21. The zero-order valence-electron chi connectivity index (χ0n) is 15.5. The third kappa shape index (κ3) is 4.86. The maximum absolute atomic E-state index is 12.4. The molecule has 0 bridgehead atoms. The van der Waals surface area contributed by atoms with E-state index < -0.39 is 47.3 Å².